The lowest BCUT2D eigenvalue weighted by Crippen LogP contribution is -2.23. The second kappa shape index (κ2) is 6.97. The molecule has 8 heteroatoms. The van der Waals surface area contributed by atoms with Gasteiger partial charge in [0.05, 0.1) is 0 Å². The van der Waals surface area contributed by atoms with Crippen LogP contribution in [-0.2, 0) is 4.79 Å². The fraction of sp³-hybridized carbons (Fsp3) is 0.143. The molecule has 0 bridgehead atoms. The molecule has 0 unspecified atom stereocenters. The van der Waals surface area contributed by atoms with Crippen molar-refractivity contribution in [3.63, 3.8) is 0 Å². The molecule has 1 amide bonds. The van der Waals surface area contributed by atoms with Gasteiger partial charge < -0.3 is 0 Å². The molecule has 0 saturated carbocycles. The summed E-state index contributed by atoms with van der Waals surface area (Å²) in [6, 6.07) is 5.79. The van der Waals surface area contributed by atoms with Crippen LogP contribution in [0.2, 0.25) is 0 Å². The molecule has 3 nitrogen and oxygen atoms in total. The fourth-order valence-corrected chi connectivity index (χ4v) is 2.69. The van der Waals surface area contributed by atoms with Gasteiger partial charge in [0.2, 0.25) is 0 Å². The molecule has 2 aromatic rings. The van der Waals surface area contributed by atoms with Crippen LogP contribution in [0.15, 0.2) is 46.8 Å². The van der Waals surface area contributed by atoms with Gasteiger partial charge in [-0.1, -0.05) is 12.1 Å². The molecule has 0 aliphatic heterocycles. The molecule has 0 saturated heterocycles. The average Bonchev–Trinajstić information content (AvgIpc) is 2.98. The van der Waals surface area contributed by atoms with Crippen molar-refractivity contribution in [1.29, 1.82) is 0 Å². The van der Waals surface area contributed by atoms with Crippen molar-refractivity contribution < 1.29 is 18.0 Å². The number of likely N-dealkylation sites (N-methyl/N-ethyl adjacent to an activating group) is 1. The molecule has 2 rings (SSSR count). The topological polar surface area (TPSA) is 33.2 Å². The highest BCUT2D eigenvalue weighted by Crippen LogP contribution is 2.36. The molecule has 1 aromatic heterocycles. The largest absolute Gasteiger partial charge is 0.446 e. The number of benzene rings is 1. The molecule has 0 aliphatic rings. The van der Waals surface area contributed by atoms with Crippen LogP contribution in [-0.4, -0.2) is 23.4 Å². The van der Waals surface area contributed by atoms with Gasteiger partial charge in [0.25, 0.3) is 5.91 Å². The van der Waals surface area contributed by atoms with Gasteiger partial charge in [0.1, 0.15) is 0 Å². The number of halogens is 3. The summed E-state index contributed by atoms with van der Waals surface area (Å²) in [6.07, 6.45) is 4.51. The normalized spacial score (nSPS) is 11.8. The Hall–Kier alpha value is -1.80. The second-order valence-electron chi connectivity index (χ2n) is 4.16. The summed E-state index contributed by atoms with van der Waals surface area (Å²) in [6.45, 7) is 0. The van der Waals surface area contributed by atoms with Crippen LogP contribution in [0.3, 0.4) is 0 Å². The number of thiazole rings is 1. The lowest BCUT2D eigenvalue weighted by molar-refractivity contribution is -0.113. The zero-order valence-corrected chi connectivity index (χ0v) is 13.0. The minimum Gasteiger partial charge on any atom is -0.288 e. The molecular formula is C14H11F3N2OS2. The Kier molecular flexibility index (Phi) is 5.25. The molecule has 0 aliphatic carbocycles. The molecule has 0 atom stereocenters. The van der Waals surface area contributed by atoms with Gasteiger partial charge >= 0.3 is 5.51 Å². The summed E-state index contributed by atoms with van der Waals surface area (Å²) >= 11 is 1.17. The zero-order chi connectivity index (χ0) is 16.2. The summed E-state index contributed by atoms with van der Waals surface area (Å²) in [5, 5.41) is 2.34. The molecule has 116 valence electrons. The molecule has 0 radical (unpaired) electrons. The number of thioether (sulfide) groups is 1. The van der Waals surface area contributed by atoms with Crippen molar-refractivity contribution in [2.24, 2.45) is 0 Å². The van der Waals surface area contributed by atoms with Crippen molar-refractivity contribution in [3.05, 3.63) is 47.5 Å². The second-order valence-corrected chi connectivity index (χ2v) is 6.17. The molecule has 0 spiro atoms. The number of nitrogens with zero attached hydrogens (tertiary/aromatic N) is 2. The van der Waals surface area contributed by atoms with Gasteiger partial charge in [-0.2, -0.15) is 13.2 Å². The molecule has 1 heterocycles. The van der Waals surface area contributed by atoms with E-state index in [1.54, 1.807) is 24.7 Å². The van der Waals surface area contributed by atoms with E-state index in [4.69, 9.17) is 0 Å². The molecule has 22 heavy (non-hydrogen) atoms. The van der Waals surface area contributed by atoms with E-state index in [9.17, 15) is 18.0 Å². The van der Waals surface area contributed by atoms with Crippen molar-refractivity contribution >= 4 is 40.2 Å². The van der Waals surface area contributed by atoms with Gasteiger partial charge in [0.15, 0.2) is 5.13 Å². The predicted molar refractivity (Wildman–Crippen MR) is 82.9 cm³/mol. The Morgan fingerprint density at radius 2 is 2.00 bits per heavy atom. The van der Waals surface area contributed by atoms with E-state index >= 15 is 0 Å². The summed E-state index contributed by atoms with van der Waals surface area (Å²) < 4.78 is 36.6. The zero-order valence-electron chi connectivity index (χ0n) is 11.4. The van der Waals surface area contributed by atoms with E-state index in [1.165, 1.54) is 46.6 Å². The minimum absolute atomic E-state index is 0.107. The van der Waals surface area contributed by atoms with E-state index in [0.717, 1.165) is 0 Å². The van der Waals surface area contributed by atoms with Crippen molar-refractivity contribution in [3.8, 4) is 0 Å². The summed E-state index contributed by atoms with van der Waals surface area (Å²) in [5.41, 5.74) is -3.66. The number of rotatable bonds is 4. The first-order chi connectivity index (χ1) is 10.3. The van der Waals surface area contributed by atoms with E-state index in [1.807, 2.05) is 0 Å². The highest BCUT2D eigenvalue weighted by atomic mass is 32.2. The number of aromatic nitrogens is 1. The standard InChI is InChI=1S/C14H11F3N2OS2/c1-19(13-18-8-9-21-13)12(20)7-4-10-2-5-11(6-3-10)22-14(15,16)17/h2-9H,1H3/b7-4+. The first-order valence-electron chi connectivity index (χ1n) is 6.06. The Labute approximate surface area is 133 Å². The van der Waals surface area contributed by atoms with Crippen LogP contribution in [0, 0.1) is 0 Å². The third-order valence-corrected chi connectivity index (χ3v) is 4.16. The third kappa shape index (κ3) is 4.88. The first-order valence-corrected chi connectivity index (χ1v) is 7.76. The number of carbonyl (C=O) groups is 1. The summed E-state index contributed by atoms with van der Waals surface area (Å²) in [7, 11) is 1.61. The van der Waals surface area contributed by atoms with E-state index in [-0.39, 0.29) is 22.6 Å². The van der Waals surface area contributed by atoms with E-state index in [0.29, 0.717) is 10.7 Å². The minimum atomic E-state index is -4.30. The van der Waals surface area contributed by atoms with Gasteiger partial charge in [-0.25, -0.2) is 4.98 Å². The molecular weight excluding hydrogens is 333 g/mol. The van der Waals surface area contributed by atoms with Crippen molar-refractivity contribution in [2.75, 3.05) is 11.9 Å². The maximum absolute atomic E-state index is 12.2. The quantitative estimate of drug-likeness (QED) is 0.608. The summed E-state index contributed by atoms with van der Waals surface area (Å²) in [5.74, 6) is -0.260. The number of hydrogen-bond acceptors (Lipinski definition) is 4. The van der Waals surface area contributed by atoms with Crippen molar-refractivity contribution in [2.45, 2.75) is 10.4 Å². The van der Waals surface area contributed by atoms with Crippen LogP contribution in [0.25, 0.3) is 6.08 Å². The van der Waals surface area contributed by atoms with Gasteiger partial charge in [0, 0.05) is 29.6 Å². The SMILES string of the molecule is CN(C(=O)/C=C/c1ccc(SC(F)(F)F)cc1)c1nccs1. The number of alkyl halides is 3. The Balaban J connectivity index is 1.99. The first kappa shape index (κ1) is 16.6. The van der Waals surface area contributed by atoms with Crippen molar-refractivity contribution in [1.82, 2.24) is 4.98 Å². The molecule has 0 fully saturated rings. The fourth-order valence-electron chi connectivity index (χ4n) is 1.54. The van der Waals surface area contributed by atoms with Crippen LogP contribution >= 0.6 is 23.1 Å². The lowest BCUT2D eigenvalue weighted by Gasteiger charge is -2.10. The highest BCUT2D eigenvalue weighted by molar-refractivity contribution is 8.00. The number of anilines is 1. The highest BCUT2D eigenvalue weighted by Gasteiger charge is 2.28. The van der Waals surface area contributed by atoms with E-state index in [2.05, 4.69) is 4.98 Å². The average molecular weight is 344 g/mol. The Morgan fingerprint density at radius 1 is 1.32 bits per heavy atom. The molecule has 1 aromatic carbocycles. The monoisotopic (exact) mass is 344 g/mol. The predicted octanol–water partition coefficient (Wildman–Crippen LogP) is 4.43. The van der Waals surface area contributed by atoms with E-state index < -0.39 is 5.51 Å². The molecule has 0 N–H and O–H groups in total. The van der Waals surface area contributed by atoms with Crippen LogP contribution < -0.4 is 4.90 Å². The van der Waals surface area contributed by atoms with Crippen LogP contribution in [0.5, 0.6) is 0 Å². The summed E-state index contributed by atoms with van der Waals surface area (Å²) in [4.78, 5) is 17.4. The third-order valence-electron chi connectivity index (χ3n) is 2.57. The maximum atomic E-state index is 12.2. The van der Waals surface area contributed by atoms with Gasteiger partial charge in [-0.05, 0) is 35.5 Å². The maximum Gasteiger partial charge on any atom is 0.446 e. The smallest absolute Gasteiger partial charge is 0.288 e. The Bertz CT molecular complexity index is 652. The number of amides is 1. The number of hydrogen-bond donors (Lipinski definition) is 0. The Morgan fingerprint density at radius 3 is 2.55 bits per heavy atom. The van der Waals surface area contributed by atoms with Gasteiger partial charge in [-0.15, -0.1) is 11.3 Å². The lowest BCUT2D eigenvalue weighted by atomic mass is 10.2. The van der Waals surface area contributed by atoms with Gasteiger partial charge in [-0.3, -0.25) is 9.69 Å². The van der Waals surface area contributed by atoms with Crippen LogP contribution in [0.4, 0.5) is 18.3 Å². The van der Waals surface area contributed by atoms with Crippen LogP contribution in [0.1, 0.15) is 5.56 Å². The number of carbonyl (C=O) groups excluding carboxylic acids is 1.